The van der Waals surface area contributed by atoms with Crippen LogP contribution in [0.4, 0.5) is 17.6 Å². The van der Waals surface area contributed by atoms with E-state index in [2.05, 4.69) is 14.8 Å². The van der Waals surface area contributed by atoms with Crippen LogP contribution in [0.25, 0.3) is 0 Å². The molecule has 2 unspecified atom stereocenters. The van der Waals surface area contributed by atoms with Crippen LogP contribution in [0.1, 0.15) is 59.3 Å². The first kappa shape index (κ1) is 25.2. The topological polar surface area (TPSA) is 73.4 Å². The summed E-state index contributed by atoms with van der Waals surface area (Å²) in [6.45, 7) is 5.21. The van der Waals surface area contributed by atoms with E-state index in [9.17, 15) is 26.9 Å². The lowest BCUT2D eigenvalue weighted by Gasteiger charge is -2.29. The number of hydrogen-bond donors (Lipinski definition) is 2. The highest BCUT2D eigenvalue weighted by Crippen LogP contribution is 2.26. The molecule has 2 N–H and O–H groups in total. The Morgan fingerprint density at radius 1 is 1.29 bits per heavy atom. The predicted octanol–water partition coefficient (Wildman–Crippen LogP) is 3.88. The Morgan fingerprint density at radius 2 is 1.89 bits per heavy atom. The van der Waals surface area contributed by atoms with Gasteiger partial charge in [-0.05, 0) is 52.4 Å². The van der Waals surface area contributed by atoms with Gasteiger partial charge >= 0.3 is 6.36 Å². The van der Waals surface area contributed by atoms with Gasteiger partial charge in [0.25, 0.3) is 0 Å². The van der Waals surface area contributed by atoms with E-state index in [1.54, 1.807) is 6.92 Å². The smallest absolute Gasteiger partial charge is 0.523 e. The minimum atomic E-state index is -4.95. The predicted molar refractivity (Wildman–Crippen MR) is 100 cm³/mol. The van der Waals surface area contributed by atoms with Gasteiger partial charge in [-0.15, -0.1) is 17.9 Å². The van der Waals surface area contributed by atoms with Gasteiger partial charge in [-0.3, -0.25) is 9.53 Å². The van der Waals surface area contributed by atoms with Crippen LogP contribution in [-0.4, -0.2) is 40.8 Å². The number of amides is 1. The fraction of sp³-hybridized carbons (Fsp3) is 0.833. The maximum absolute atomic E-state index is 13.8. The molecule has 5 nitrogen and oxygen atoms in total. The van der Waals surface area contributed by atoms with Gasteiger partial charge in [0.2, 0.25) is 5.91 Å². The molecule has 0 aromatic carbocycles. The summed E-state index contributed by atoms with van der Waals surface area (Å²) in [7, 11) is 0. The summed E-state index contributed by atoms with van der Waals surface area (Å²) in [6, 6.07) is 0.0881. The van der Waals surface area contributed by atoms with Crippen molar-refractivity contribution < 1.29 is 31.6 Å². The Labute approximate surface area is 167 Å². The Bertz CT molecular complexity index is 510. The van der Waals surface area contributed by atoms with Crippen molar-refractivity contribution in [3.63, 3.8) is 0 Å². The minimum Gasteiger partial charge on any atom is -0.598 e. The van der Waals surface area contributed by atoms with Crippen LogP contribution in [0.15, 0.2) is 11.9 Å². The average molecular weight is 431 g/mol. The molecule has 1 amide bonds. The van der Waals surface area contributed by atoms with E-state index in [0.717, 1.165) is 6.08 Å². The Hall–Kier alpha value is -0.840. The van der Waals surface area contributed by atoms with Gasteiger partial charge in [-0.25, -0.2) is 4.39 Å². The molecule has 28 heavy (non-hydrogen) atoms. The van der Waals surface area contributed by atoms with E-state index in [-0.39, 0.29) is 42.5 Å². The number of rotatable bonds is 10. The number of ether oxygens (including phenoxy) is 1. The molecule has 0 bridgehead atoms. The van der Waals surface area contributed by atoms with Crippen LogP contribution in [-0.2, 0) is 20.9 Å². The van der Waals surface area contributed by atoms with Gasteiger partial charge in [0, 0.05) is 23.8 Å². The third kappa shape index (κ3) is 9.58. The van der Waals surface area contributed by atoms with Gasteiger partial charge < -0.3 is 9.87 Å². The maximum atomic E-state index is 13.8. The second-order valence-electron chi connectivity index (χ2n) is 7.14. The molecule has 0 spiro atoms. The van der Waals surface area contributed by atoms with E-state index in [1.165, 1.54) is 0 Å². The lowest BCUT2D eigenvalue weighted by atomic mass is 9.86. The van der Waals surface area contributed by atoms with Crippen LogP contribution >= 0.6 is 0 Å². The lowest BCUT2D eigenvalue weighted by Crippen LogP contribution is -2.43. The second kappa shape index (κ2) is 12.0. The van der Waals surface area contributed by atoms with Crippen LogP contribution in [0.2, 0.25) is 0 Å². The summed E-state index contributed by atoms with van der Waals surface area (Å²) in [4.78, 5) is 12.2. The largest absolute Gasteiger partial charge is 0.598 e. The number of alkyl halides is 3. The highest BCUT2D eigenvalue weighted by atomic mass is 32.2. The Balaban J connectivity index is 2.42. The molecular formula is C18H30F4N2O3S. The van der Waals surface area contributed by atoms with Gasteiger partial charge in [0.15, 0.2) is 0 Å². The number of carbonyl (C=O) groups is 1. The molecule has 2 atom stereocenters. The van der Waals surface area contributed by atoms with Crippen LogP contribution in [0.5, 0.6) is 0 Å². The summed E-state index contributed by atoms with van der Waals surface area (Å²) >= 11 is -1.11. The molecule has 1 fully saturated rings. The summed E-state index contributed by atoms with van der Waals surface area (Å²) in [5.74, 6) is -1.49. The molecule has 0 heterocycles. The minimum absolute atomic E-state index is 0.00929. The summed E-state index contributed by atoms with van der Waals surface area (Å²) in [6.07, 6.45) is -3.13. The fourth-order valence-electron chi connectivity index (χ4n) is 2.99. The van der Waals surface area contributed by atoms with Crippen molar-refractivity contribution in [2.75, 3.05) is 6.54 Å². The van der Waals surface area contributed by atoms with Gasteiger partial charge in [0.1, 0.15) is 17.2 Å². The zero-order valence-electron chi connectivity index (χ0n) is 16.5. The first-order chi connectivity index (χ1) is 13.0. The van der Waals surface area contributed by atoms with Gasteiger partial charge in [-0.2, -0.15) is 0 Å². The molecule has 1 aliphatic rings. The summed E-state index contributed by atoms with van der Waals surface area (Å²) < 4.78 is 69.8. The van der Waals surface area contributed by atoms with Crippen molar-refractivity contribution in [3.8, 4) is 0 Å². The highest BCUT2D eigenvalue weighted by Gasteiger charge is 2.35. The van der Waals surface area contributed by atoms with E-state index < -0.39 is 29.7 Å². The molecule has 0 radical (unpaired) electrons. The molecule has 1 saturated carbocycles. The van der Waals surface area contributed by atoms with E-state index in [0.29, 0.717) is 25.7 Å². The van der Waals surface area contributed by atoms with Crippen molar-refractivity contribution in [2.24, 2.45) is 5.92 Å². The number of hydrogen-bond acceptors (Lipinski definition) is 4. The molecule has 0 aromatic rings. The van der Waals surface area contributed by atoms with Gasteiger partial charge in [-0.1, -0.05) is 13.0 Å². The highest BCUT2D eigenvalue weighted by molar-refractivity contribution is 7.90. The monoisotopic (exact) mass is 430 g/mol. The first-order valence-corrected chi connectivity index (χ1v) is 10.8. The van der Waals surface area contributed by atoms with Crippen molar-refractivity contribution in [2.45, 2.75) is 83.1 Å². The third-order valence-corrected chi connectivity index (χ3v) is 5.92. The lowest BCUT2D eigenvalue weighted by molar-refractivity contribution is -0.339. The quantitative estimate of drug-likeness (QED) is 0.408. The average Bonchev–Trinajstić information content (AvgIpc) is 2.60. The third-order valence-electron chi connectivity index (χ3n) is 4.50. The second-order valence-corrected chi connectivity index (χ2v) is 8.92. The number of halogens is 4. The van der Waals surface area contributed by atoms with Crippen molar-refractivity contribution in [1.29, 1.82) is 0 Å². The number of carbonyl (C=O) groups excluding carboxylic acids is 1. The molecule has 1 rings (SSSR count). The molecule has 0 aromatic heterocycles. The molecule has 1 aliphatic carbocycles. The normalized spacial score (nSPS) is 23.5. The summed E-state index contributed by atoms with van der Waals surface area (Å²) in [5, 5.41) is 2.59. The summed E-state index contributed by atoms with van der Waals surface area (Å²) in [5.41, 5.74) is 0. The number of allylic oxidation sites excluding steroid dienone is 1. The van der Waals surface area contributed by atoms with Crippen molar-refractivity contribution >= 4 is 17.3 Å². The fourth-order valence-corrected chi connectivity index (χ4v) is 3.82. The standard InChI is InChI=1S/C18H30F4N2O3S/c1-4-5-15(19)16(27-18(20,21)22)10-11-23-17(25)13-6-8-14(9-7-13)24-28(26)12(2)3/h5,12-14,16,24H,4,6-11H2,1-3H3,(H,23,25)/b15-5+. The number of nitrogens with one attached hydrogen (secondary N) is 2. The Kier molecular flexibility index (Phi) is 10.8. The van der Waals surface area contributed by atoms with Crippen LogP contribution in [0, 0.1) is 5.92 Å². The Morgan fingerprint density at radius 3 is 2.39 bits per heavy atom. The molecule has 0 aliphatic heterocycles. The first-order valence-electron chi connectivity index (χ1n) is 9.58. The molecule has 0 saturated heterocycles. The maximum Gasteiger partial charge on any atom is 0.523 e. The van der Waals surface area contributed by atoms with Crippen LogP contribution in [0.3, 0.4) is 0 Å². The van der Waals surface area contributed by atoms with Crippen molar-refractivity contribution in [3.05, 3.63) is 11.9 Å². The van der Waals surface area contributed by atoms with Crippen molar-refractivity contribution in [1.82, 2.24) is 10.0 Å². The van der Waals surface area contributed by atoms with Gasteiger partial charge in [0.05, 0.1) is 6.04 Å². The molecule has 10 heteroatoms. The molecular weight excluding hydrogens is 400 g/mol. The molecule has 164 valence electrons. The van der Waals surface area contributed by atoms with E-state index in [1.807, 2.05) is 13.8 Å². The zero-order chi connectivity index (χ0) is 21.3. The SMILES string of the molecule is CC/C=C(/F)C(CCNC(=O)C1CCC(N[S+]([O-])C(C)C)CC1)OC(F)(F)F. The van der Waals surface area contributed by atoms with E-state index >= 15 is 0 Å². The zero-order valence-corrected chi connectivity index (χ0v) is 17.3. The van der Waals surface area contributed by atoms with E-state index in [4.69, 9.17) is 0 Å². The van der Waals surface area contributed by atoms with Crippen LogP contribution < -0.4 is 10.0 Å².